The fourth-order valence-electron chi connectivity index (χ4n) is 1.14. The monoisotopic (exact) mass is 234 g/mol. The summed E-state index contributed by atoms with van der Waals surface area (Å²) in [5, 5.41) is 13.9. The zero-order chi connectivity index (χ0) is 12.7. The minimum absolute atomic E-state index is 0.185. The van der Waals surface area contributed by atoms with E-state index in [2.05, 4.69) is 10.6 Å². The van der Waals surface area contributed by atoms with E-state index in [1.54, 1.807) is 12.1 Å². The minimum atomic E-state index is -0.992. The number of amides is 2. The Hall–Kier alpha value is -2.30. The number of carboxylic acids is 1. The molecule has 0 aromatic heterocycles. The fourth-order valence-corrected chi connectivity index (χ4v) is 1.14. The summed E-state index contributed by atoms with van der Waals surface area (Å²) in [4.78, 5) is 21.9. The van der Waals surface area contributed by atoms with Crippen molar-refractivity contribution >= 4 is 17.7 Å². The molecule has 0 fully saturated rings. The van der Waals surface area contributed by atoms with E-state index in [0.29, 0.717) is 12.2 Å². The number of hydrogen-bond donors (Lipinski definition) is 3. The van der Waals surface area contributed by atoms with Crippen molar-refractivity contribution in [1.82, 2.24) is 5.32 Å². The predicted molar refractivity (Wildman–Crippen MR) is 65.2 cm³/mol. The van der Waals surface area contributed by atoms with Gasteiger partial charge in [0.15, 0.2) is 0 Å². The molecule has 1 aromatic carbocycles. The van der Waals surface area contributed by atoms with Gasteiger partial charge in [-0.15, -0.1) is 0 Å². The Kier molecular flexibility index (Phi) is 4.75. The van der Waals surface area contributed by atoms with E-state index in [9.17, 15) is 9.59 Å². The second kappa shape index (κ2) is 6.32. The first-order valence-electron chi connectivity index (χ1n) is 5.13. The second-order valence-corrected chi connectivity index (χ2v) is 3.29. The fraction of sp³-hybridized carbons (Fsp3) is 0.167. The second-order valence-electron chi connectivity index (χ2n) is 3.29. The minimum Gasteiger partial charge on any atom is -0.478 e. The van der Waals surface area contributed by atoms with Gasteiger partial charge in [0.2, 0.25) is 0 Å². The van der Waals surface area contributed by atoms with Crippen LogP contribution in [0.3, 0.4) is 0 Å². The van der Waals surface area contributed by atoms with Crippen LogP contribution in [0.5, 0.6) is 0 Å². The molecule has 0 heterocycles. The molecule has 3 N–H and O–H groups in total. The number of anilines is 1. The molecule has 0 unspecified atom stereocenters. The van der Waals surface area contributed by atoms with Crippen molar-refractivity contribution < 1.29 is 14.7 Å². The largest absolute Gasteiger partial charge is 0.478 e. The van der Waals surface area contributed by atoms with E-state index in [0.717, 1.165) is 0 Å². The third-order valence-electron chi connectivity index (χ3n) is 2.01. The Morgan fingerprint density at radius 1 is 1.29 bits per heavy atom. The zero-order valence-corrected chi connectivity index (χ0v) is 9.43. The zero-order valence-electron chi connectivity index (χ0n) is 9.43. The molecule has 2 amide bonds. The third kappa shape index (κ3) is 4.38. The summed E-state index contributed by atoms with van der Waals surface area (Å²) in [7, 11) is 0. The summed E-state index contributed by atoms with van der Waals surface area (Å²) in [6, 6.07) is 5.62. The summed E-state index contributed by atoms with van der Waals surface area (Å²) < 4.78 is 0. The lowest BCUT2D eigenvalue weighted by Crippen LogP contribution is -2.28. The van der Waals surface area contributed by atoms with Crippen molar-refractivity contribution in [1.29, 1.82) is 0 Å². The highest BCUT2D eigenvalue weighted by Gasteiger charge is 2.03. The van der Waals surface area contributed by atoms with Gasteiger partial charge in [0.05, 0.1) is 5.56 Å². The molecule has 0 aliphatic carbocycles. The van der Waals surface area contributed by atoms with Crippen LogP contribution >= 0.6 is 0 Å². The van der Waals surface area contributed by atoms with Crippen LogP contribution in [0, 0.1) is 0 Å². The molecule has 1 rings (SSSR count). The number of allylic oxidation sites excluding steroid dienone is 1. The van der Waals surface area contributed by atoms with E-state index < -0.39 is 5.97 Å². The van der Waals surface area contributed by atoms with Crippen LogP contribution < -0.4 is 10.6 Å². The standard InChI is InChI=1S/C12H14N2O3/c1-2-3-8-13-12(17)14-10-6-4-9(5-7-10)11(15)16/h2-7H,8H2,1H3,(H,15,16)(H2,13,14,17)/b3-2+. The average Bonchev–Trinajstić information content (AvgIpc) is 2.30. The van der Waals surface area contributed by atoms with E-state index >= 15 is 0 Å². The molecule has 0 spiro atoms. The summed E-state index contributed by atoms with van der Waals surface area (Å²) in [6.45, 7) is 2.32. The molecular weight excluding hydrogens is 220 g/mol. The molecule has 0 atom stereocenters. The Labute approximate surface area is 99.1 Å². The van der Waals surface area contributed by atoms with Gasteiger partial charge >= 0.3 is 12.0 Å². The first-order chi connectivity index (χ1) is 8.13. The first kappa shape index (κ1) is 12.8. The highest BCUT2D eigenvalue weighted by molar-refractivity contribution is 5.91. The van der Waals surface area contributed by atoms with Crippen LogP contribution in [0.4, 0.5) is 10.5 Å². The van der Waals surface area contributed by atoms with Crippen LogP contribution in [0.1, 0.15) is 17.3 Å². The summed E-state index contributed by atoms with van der Waals surface area (Å²) in [6.07, 6.45) is 3.65. The number of benzene rings is 1. The highest BCUT2D eigenvalue weighted by Crippen LogP contribution is 2.09. The van der Waals surface area contributed by atoms with E-state index in [4.69, 9.17) is 5.11 Å². The lowest BCUT2D eigenvalue weighted by Gasteiger charge is -2.05. The molecule has 0 saturated heterocycles. The van der Waals surface area contributed by atoms with Gasteiger partial charge in [0.1, 0.15) is 0 Å². The quantitative estimate of drug-likeness (QED) is 0.698. The molecule has 0 aliphatic heterocycles. The number of carbonyl (C=O) groups excluding carboxylic acids is 1. The molecule has 1 aromatic rings. The Morgan fingerprint density at radius 2 is 1.94 bits per heavy atom. The normalized spacial score (nSPS) is 10.2. The maximum absolute atomic E-state index is 11.3. The van der Waals surface area contributed by atoms with Crippen molar-refractivity contribution in [3.63, 3.8) is 0 Å². The molecule has 5 heteroatoms. The Bertz CT molecular complexity index is 424. The summed E-state index contributed by atoms with van der Waals surface area (Å²) in [5.74, 6) is -0.992. The maximum atomic E-state index is 11.3. The van der Waals surface area contributed by atoms with Crippen molar-refractivity contribution in [3.05, 3.63) is 42.0 Å². The van der Waals surface area contributed by atoms with Crippen molar-refractivity contribution in [2.45, 2.75) is 6.92 Å². The van der Waals surface area contributed by atoms with E-state index in [1.807, 2.05) is 19.1 Å². The van der Waals surface area contributed by atoms with E-state index in [-0.39, 0.29) is 11.6 Å². The van der Waals surface area contributed by atoms with Gasteiger partial charge in [-0.3, -0.25) is 0 Å². The number of aromatic carboxylic acids is 1. The first-order valence-corrected chi connectivity index (χ1v) is 5.13. The van der Waals surface area contributed by atoms with Crippen LogP contribution in [0.2, 0.25) is 0 Å². The summed E-state index contributed by atoms with van der Waals surface area (Å²) >= 11 is 0. The van der Waals surface area contributed by atoms with Gasteiger partial charge in [-0.05, 0) is 31.2 Å². The maximum Gasteiger partial charge on any atom is 0.335 e. The van der Waals surface area contributed by atoms with Crippen molar-refractivity contribution in [3.8, 4) is 0 Å². The molecule has 0 bridgehead atoms. The Balaban J connectivity index is 2.51. The van der Waals surface area contributed by atoms with Gasteiger partial charge in [0.25, 0.3) is 0 Å². The lowest BCUT2D eigenvalue weighted by molar-refractivity contribution is 0.0697. The summed E-state index contributed by atoms with van der Waals surface area (Å²) in [5.41, 5.74) is 0.734. The van der Waals surface area contributed by atoms with Crippen molar-refractivity contribution in [2.75, 3.05) is 11.9 Å². The third-order valence-corrected chi connectivity index (χ3v) is 2.01. The van der Waals surface area contributed by atoms with Crippen LogP contribution in [-0.2, 0) is 0 Å². The van der Waals surface area contributed by atoms with Crippen molar-refractivity contribution in [2.24, 2.45) is 0 Å². The average molecular weight is 234 g/mol. The predicted octanol–water partition coefficient (Wildman–Crippen LogP) is 2.08. The number of carbonyl (C=O) groups is 2. The number of carboxylic acid groups (broad SMARTS) is 1. The van der Waals surface area contributed by atoms with E-state index in [1.165, 1.54) is 12.1 Å². The molecule has 0 aliphatic rings. The number of urea groups is 1. The molecule has 0 saturated carbocycles. The van der Waals surface area contributed by atoms with Gasteiger partial charge in [-0.1, -0.05) is 12.2 Å². The van der Waals surface area contributed by atoms with Gasteiger partial charge < -0.3 is 15.7 Å². The highest BCUT2D eigenvalue weighted by atomic mass is 16.4. The molecule has 0 radical (unpaired) electrons. The SMILES string of the molecule is C/C=C/CNC(=O)Nc1ccc(C(=O)O)cc1. The van der Waals surface area contributed by atoms with Crippen LogP contribution in [-0.4, -0.2) is 23.7 Å². The smallest absolute Gasteiger partial charge is 0.335 e. The molecule has 17 heavy (non-hydrogen) atoms. The topological polar surface area (TPSA) is 78.4 Å². The Morgan fingerprint density at radius 3 is 2.47 bits per heavy atom. The number of nitrogens with one attached hydrogen (secondary N) is 2. The van der Waals surface area contributed by atoms with Gasteiger partial charge in [0, 0.05) is 12.2 Å². The lowest BCUT2D eigenvalue weighted by atomic mass is 10.2. The number of rotatable bonds is 4. The molecule has 5 nitrogen and oxygen atoms in total. The molecular formula is C12H14N2O3. The van der Waals surface area contributed by atoms with Gasteiger partial charge in [-0.2, -0.15) is 0 Å². The van der Waals surface area contributed by atoms with Gasteiger partial charge in [-0.25, -0.2) is 9.59 Å². The van der Waals surface area contributed by atoms with Crippen LogP contribution in [0.15, 0.2) is 36.4 Å². The molecule has 90 valence electrons. The van der Waals surface area contributed by atoms with Crippen LogP contribution in [0.25, 0.3) is 0 Å². The number of hydrogen-bond acceptors (Lipinski definition) is 2.